The Balaban J connectivity index is 1.69. The molecule has 0 bridgehead atoms. The summed E-state index contributed by atoms with van der Waals surface area (Å²) in [5, 5.41) is 16.8. The van der Waals surface area contributed by atoms with Gasteiger partial charge in [-0.1, -0.05) is 19.3 Å². The molecule has 0 atom stereocenters. The van der Waals surface area contributed by atoms with E-state index in [4.69, 9.17) is 0 Å². The fourth-order valence-corrected chi connectivity index (χ4v) is 4.21. The van der Waals surface area contributed by atoms with E-state index in [0.29, 0.717) is 17.7 Å². The molecule has 1 aromatic heterocycles. The van der Waals surface area contributed by atoms with Crippen LogP contribution in [-0.2, 0) is 6.42 Å². The van der Waals surface area contributed by atoms with Crippen LogP contribution in [0, 0.1) is 24.0 Å². The number of aryl methyl sites for hydroxylation is 2. The first kappa shape index (κ1) is 18.5. The molecule has 0 saturated heterocycles. The molecule has 2 aromatic rings. The number of carbonyl (C=O) groups excluding carboxylic acids is 1. The van der Waals surface area contributed by atoms with E-state index in [1.54, 1.807) is 18.4 Å². The van der Waals surface area contributed by atoms with Crippen LogP contribution in [0.2, 0.25) is 0 Å². The highest BCUT2D eigenvalue weighted by Gasteiger charge is 2.19. The first-order valence-corrected chi connectivity index (χ1v) is 9.82. The molecular formula is C19H23N3O3S. The van der Waals surface area contributed by atoms with E-state index >= 15 is 0 Å². The number of hydrogen-bond acceptors (Lipinski definition) is 5. The van der Waals surface area contributed by atoms with Crippen LogP contribution >= 0.6 is 11.3 Å². The summed E-state index contributed by atoms with van der Waals surface area (Å²) in [6.45, 7) is 3.61. The lowest BCUT2D eigenvalue weighted by Gasteiger charge is -2.22. The van der Waals surface area contributed by atoms with Crippen LogP contribution < -0.4 is 5.32 Å². The summed E-state index contributed by atoms with van der Waals surface area (Å²) < 4.78 is 0. The van der Waals surface area contributed by atoms with Crippen LogP contribution in [0.4, 0.5) is 5.69 Å². The first-order valence-electron chi connectivity index (χ1n) is 8.94. The molecule has 6 nitrogen and oxygen atoms in total. The Bertz CT molecular complexity index is 825. The van der Waals surface area contributed by atoms with Gasteiger partial charge >= 0.3 is 0 Å². The fraction of sp³-hybridized carbons (Fsp3) is 0.474. The van der Waals surface area contributed by atoms with Gasteiger partial charge in [0.25, 0.3) is 11.6 Å². The van der Waals surface area contributed by atoms with E-state index in [2.05, 4.69) is 10.3 Å². The summed E-state index contributed by atoms with van der Waals surface area (Å²) >= 11 is 1.45. The maximum atomic E-state index is 12.4. The molecule has 138 valence electrons. The molecule has 1 N–H and O–H groups in total. The number of nitro benzene ring substituents is 1. The number of hydrogen-bond donors (Lipinski definition) is 1. The van der Waals surface area contributed by atoms with Gasteiger partial charge in [0.2, 0.25) is 0 Å². The third kappa shape index (κ3) is 4.27. The molecule has 1 amide bonds. The summed E-state index contributed by atoms with van der Waals surface area (Å²) in [6.07, 6.45) is 6.26. The molecule has 0 unspecified atom stereocenters. The zero-order chi connectivity index (χ0) is 18.7. The number of aromatic nitrogens is 1. The van der Waals surface area contributed by atoms with E-state index < -0.39 is 0 Å². The van der Waals surface area contributed by atoms with Gasteiger partial charge in [-0.3, -0.25) is 14.9 Å². The highest BCUT2D eigenvalue weighted by Crippen LogP contribution is 2.25. The quantitative estimate of drug-likeness (QED) is 0.625. The number of thiazole rings is 1. The van der Waals surface area contributed by atoms with Crippen LogP contribution in [0.25, 0.3) is 0 Å². The van der Waals surface area contributed by atoms with E-state index in [9.17, 15) is 14.9 Å². The van der Waals surface area contributed by atoms with Gasteiger partial charge in [-0.15, -0.1) is 11.3 Å². The Kier molecular flexibility index (Phi) is 5.66. The van der Waals surface area contributed by atoms with Gasteiger partial charge in [-0.05, 0) is 43.9 Å². The molecule has 7 heteroatoms. The van der Waals surface area contributed by atoms with Crippen LogP contribution in [-0.4, -0.2) is 21.9 Å². The summed E-state index contributed by atoms with van der Waals surface area (Å²) in [5.41, 5.74) is 3.11. The number of benzene rings is 1. The van der Waals surface area contributed by atoms with Crippen molar-refractivity contribution in [1.82, 2.24) is 10.3 Å². The standard InChI is InChI=1S/C19H23N3O3S/c1-12-9-17(22(24)25)13(2)8-14(12)10-18-21-16(11-26-18)19(23)20-15-6-4-3-5-7-15/h8-9,11,15H,3-7,10H2,1-2H3,(H,20,23). The topological polar surface area (TPSA) is 85.1 Å². The minimum Gasteiger partial charge on any atom is -0.348 e. The number of nitro groups is 1. The largest absolute Gasteiger partial charge is 0.348 e. The Morgan fingerprint density at radius 2 is 2.00 bits per heavy atom. The Morgan fingerprint density at radius 3 is 2.69 bits per heavy atom. The number of rotatable bonds is 5. The Labute approximate surface area is 156 Å². The molecule has 26 heavy (non-hydrogen) atoms. The average molecular weight is 373 g/mol. The van der Waals surface area contributed by atoms with E-state index in [1.165, 1.54) is 30.6 Å². The molecule has 0 spiro atoms. The number of amides is 1. The van der Waals surface area contributed by atoms with Crippen LogP contribution in [0.15, 0.2) is 17.5 Å². The summed E-state index contributed by atoms with van der Waals surface area (Å²) in [4.78, 5) is 27.5. The second-order valence-electron chi connectivity index (χ2n) is 6.93. The van der Waals surface area contributed by atoms with Crippen LogP contribution in [0.3, 0.4) is 0 Å². The fourth-order valence-electron chi connectivity index (χ4n) is 3.41. The molecule has 1 aromatic carbocycles. The molecule has 1 saturated carbocycles. The highest BCUT2D eigenvalue weighted by atomic mass is 32.1. The minimum absolute atomic E-state index is 0.101. The van der Waals surface area contributed by atoms with E-state index in [1.807, 2.05) is 13.0 Å². The highest BCUT2D eigenvalue weighted by molar-refractivity contribution is 7.09. The first-order chi connectivity index (χ1) is 12.4. The summed E-state index contributed by atoms with van der Waals surface area (Å²) in [6, 6.07) is 3.71. The van der Waals surface area contributed by atoms with Gasteiger partial charge < -0.3 is 5.32 Å². The maximum Gasteiger partial charge on any atom is 0.272 e. The van der Waals surface area contributed by atoms with Gasteiger partial charge in [0.05, 0.1) is 9.93 Å². The predicted octanol–water partition coefficient (Wildman–Crippen LogP) is 4.32. The van der Waals surface area contributed by atoms with Crippen molar-refractivity contribution < 1.29 is 9.72 Å². The summed E-state index contributed by atoms with van der Waals surface area (Å²) in [7, 11) is 0. The van der Waals surface area contributed by atoms with Crippen molar-refractivity contribution in [3.05, 3.63) is 55.0 Å². The maximum absolute atomic E-state index is 12.4. The van der Waals surface area contributed by atoms with E-state index in [0.717, 1.165) is 29.0 Å². The third-order valence-electron chi connectivity index (χ3n) is 4.92. The van der Waals surface area contributed by atoms with Crippen molar-refractivity contribution in [1.29, 1.82) is 0 Å². The van der Waals surface area contributed by atoms with Crippen molar-refractivity contribution in [2.24, 2.45) is 0 Å². The van der Waals surface area contributed by atoms with Crippen molar-refractivity contribution in [2.75, 3.05) is 0 Å². The molecule has 0 aliphatic heterocycles. The van der Waals surface area contributed by atoms with Crippen molar-refractivity contribution in [3.63, 3.8) is 0 Å². The Morgan fingerprint density at radius 1 is 1.27 bits per heavy atom. The van der Waals surface area contributed by atoms with Crippen LogP contribution in [0.1, 0.15) is 64.3 Å². The zero-order valence-electron chi connectivity index (χ0n) is 15.1. The zero-order valence-corrected chi connectivity index (χ0v) is 15.9. The predicted molar refractivity (Wildman–Crippen MR) is 102 cm³/mol. The number of nitrogens with zero attached hydrogens (tertiary/aromatic N) is 2. The minimum atomic E-state index is -0.358. The normalized spacial score (nSPS) is 15.0. The number of carbonyl (C=O) groups is 1. The van der Waals surface area contributed by atoms with Crippen molar-refractivity contribution in [2.45, 2.75) is 58.4 Å². The Hall–Kier alpha value is -2.28. The van der Waals surface area contributed by atoms with Crippen LogP contribution in [0.5, 0.6) is 0 Å². The molecule has 1 fully saturated rings. The molecule has 1 aliphatic rings. The van der Waals surface area contributed by atoms with Crippen molar-refractivity contribution >= 4 is 22.9 Å². The lowest BCUT2D eigenvalue weighted by Crippen LogP contribution is -2.36. The van der Waals surface area contributed by atoms with Gasteiger partial charge in [0.15, 0.2) is 0 Å². The molecule has 0 radical (unpaired) electrons. The van der Waals surface area contributed by atoms with Gasteiger partial charge in [-0.2, -0.15) is 0 Å². The number of nitrogens with one attached hydrogen (secondary N) is 1. The second kappa shape index (κ2) is 7.95. The van der Waals surface area contributed by atoms with E-state index in [-0.39, 0.29) is 22.6 Å². The molecular weight excluding hydrogens is 350 g/mol. The summed E-state index contributed by atoms with van der Waals surface area (Å²) in [5.74, 6) is -0.101. The molecule has 1 heterocycles. The van der Waals surface area contributed by atoms with Crippen molar-refractivity contribution in [3.8, 4) is 0 Å². The lowest BCUT2D eigenvalue weighted by molar-refractivity contribution is -0.385. The third-order valence-corrected chi connectivity index (χ3v) is 5.77. The second-order valence-corrected chi connectivity index (χ2v) is 7.88. The molecule has 1 aliphatic carbocycles. The van der Waals surface area contributed by atoms with Gasteiger partial charge in [0.1, 0.15) is 5.69 Å². The monoisotopic (exact) mass is 373 g/mol. The average Bonchev–Trinajstić information content (AvgIpc) is 3.07. The van der Waals surface area contributed by atoms with Gasteiger partial charge in [0, 0.05) is 29.5 Å². The smallest absolute Gasteiger partial charge is 0.272 e. The SMILES string of the molecule is Cc1cc([N+](=O)[O-])c(C)cc1Cc1nc(C(=O)NC2CCCCC2)cs1. The lowest BCUT2D eigenvalue weighted by atomic mass is 9.95. The molecule has 3 rings (SSSR count). The van der Waals surface area contributed by atoms with Gasteiger partial charge in [-0.25, -0.2) is 4.98 Å².